The number of aryl methyl sites for hydroxylation is 1. The van der Waals surface area contributed by atoms with Gasteiger partial charge in [-0.05, 0) is 52.0 Å². The number of rotatable bonds is 5. The second-order valence-electron chi connectivity index (χ2n) is 5.05. The van der Waals surface area contributed by atoms with Gasteiger partial charge in [-0.1, -0.05) is 28.8 Å². The molecule has 0 bridgehead atoms. The lowest BCUT2D eigenvalue weighted by atomic mass is 10.0. The van der Waals surface area contributed by atoms with E-state index in [9.17, 15) is 9.90 Å². The van der Waals surface area contributed by atoms with E-state index in [-0.39, 0.29) is 12.5 Å². The summed E-state index contributed by atoms with van der Waals surface area (Å²) in [4.78, 5) is 12.5. The van der Waals surface area contributed by atoms with Gasteiger partial charge in [-0.15, -0.1) is 5.10 Å². The zero-order valence-corrected chi connectivity index (χ0v) is 14.0. The lowest BCUT2D eigenvalue weighted by molar-refractivity contribution is 0.0919. The number of hydrogen-bond acceptors (Lipinski definition) is 6. The number of aliphatic hydroxyl groups excluding tert-OH is 1. The second-order valence-corrected chi connectivity index (χ2v) is 6.58. The van der Waals surface area contributed by atoms with Crippen molar-refractivity contribution in [1.82, 2.24) is 14.9 Å². The van der Waals surface area contributed by atoms with Gasteiger partial charge in [0.05, 0.1) is 11.8 Å². The van der Waals surface area contributed by atoms with Gasteiger partial charge >= 0.3 is 0 Å². The number of nitrogens with zero attached hydrogens (tertiary/aromatic N) is 2. The number of aromatic nitrogens is 2. The third-order valence-electron chi connectivity index (χ3n) is 3.46. The number of hydrogen-bond donors (Lipinski definition) is 2. The second kappa shape index (κ2) is 6.99. The van der Waals surface area contributed by atoms with Crippen LogP contribution in [0.15, 0.2) is 41.1 Å². The molecule has 0 aliphatic heterocycles. The van der Waals surface area contributed by atoms with Gasteiger partial charge in [-0.3, -0.25) is 4.79 Å². The monoisotopic (exact) mass is 345 g/mol. The molecule has 0 radical (unpaired) electrons. The van der Waals surface area contributed by atoms with Crippen molar-refractivity contribution in [3.05, 3.63) is 57.2 Å². The summed E-state index contributed by atoms with van der Waals surface area (Å²) >= 11 is 2.70. The van der Waals surface area contributed by atoms with Crippen LogP contribution < -0.4 is 5.32 Å². The molecule has 0 aliphatic rings. The quantitative estimate of drug-likeness (QED) is 0.745. The number of carbonyl (C=O) groups excluding carboxylic acids is 1. The fourth-order valence-electron chi connectivity index (χ4n) is 2.15. The molecule has 0 unspecified atom stereocenters. The number of thiophene rings is 1. The minimum absolute atomic E-state index is 0.147. The van der Waals surface area contributed by atoms with Gasteiger partial charge < -0.3 is 10.4 Å². The summed E-state index contributed by atoms with van der Waals surface area (Å²) in [6.45, 7) is 1.88. The highest BCUT2D eigenvalue weighted by molar-refractivity contribution is 7.08. The molecule has 3 aromatic rings. The summed E-state index contributed by atoms with van der Waals surface area (Å²) in [5, 5.41) is 20.8. The first-order chi connectivity index (χ1) is 11.1. The molecule has 0 spiro atoms. The summed E-state index contributed by atoms with van der Waals surface area (Å²) in [5.74, 6) is -0.258. The fourth-order valence-corrected chi connectivity index (χ4v) is 3.39. The molecule has 2 aromatic heterocycles. The van der Waals surface area contributed by atoms with Crippen molar-refractivity contribution in [2.75, 3.05) is 6.54 Å². The molecule has 1 amide bonds. The molecule has 23 heavy (non-hydrogen) atoms. The lowest BCUT2D eigenvalue weighted by Gasteiger charge is -2.12. The molecular weight excluding hydrogens is 330 g/mol. The summed E-state index contributed by atoms with van der Waals surface area (Å²) in [7, 11) is 0. The standard InChI is InChI=1S/C16H15N3O2S2/c1-10-15(23-19-18-10)16(21)17-8-14(20)12-4-2-11(3-5-12)13-6-7-22-9-13/h2-7,9,14,20H,8H2,1H3,(H,17,21)/t14-/m1/s1. The Kier molecular flexibility index (Phi) is 4.80. The Bertz CT molecular complexity index is 782. The Hall–Kier alpha value is -2.09. The summed E-state index contributed by atoms with van der Waals surface area (Å²) in [6.07, 6.45) is -0.753. The van der Waals surface area contributed by atoms with E-state index < -0.39 is 6.10 Å². The van der Waals surface area contributed by atoms with E-state index in [0.29, 0.717) is 10.6 Å². The van der Waals surface area contributed by atoms with Gasteiger partial charge in [0.1, 0.15) is 4.88 Å². The molecule has 2 heterocycles. The van der Waals surface area contributed by atoms with E-state index in [2.05, 4.69) is 26.4 Å². The summed E-state index contributed by atoms with van der Waals surface area (Å²) < 4.78 is 3.73. The number of carbonyl (C=O) groups is 1. The summed E-state index contributed by atoms with van der Waals surface area (Å²) in [6, 6.07) is 9.76. The molecule has 0 saturated heterocycles. The predicted octanol–water partition coefficient (Wildman–Crippen LogP) is 3.04. The van der Waals surface area contributed by atoms with E-state index in [4.69, 9.17) is 0 Å². The van der Waals surface area contributed by atoms with Gasteiger partial charge in [-0.25, -0.2) is 0 Å². The minimum atomic E-state index is -0.753. The Morgan fingerprint density at radius 3 is 2.65 bits per heavy atom. The topological polar surface area (TPSA) is 75.1 Å². The average molecular weight is 345 g/mol. The van der Waals surface area contributed by atoms with Crippen LogP contribution in [-0.2, 0) is 0 Å². The van der Waals surface area contributed by atoms with Crippen LogP contribution in [0.5, 0.6) is 0 Å². The number of aliphatic hydroxyl groups is 1. The average Bonchev–Trinajstić information content (AvgIpc) is 3.24. The number of benzene rings is 1. The van der Waals surface area contributed by atoms with Crippen molar-refractivity contribution < 1.29 is 9.90 Å². The maximum atomic E-state index is 12.0. The van der Waals surface area contributed by atoms with Crippen LogP contribution in [0.3, 0.4) is 0 Å². The van der Waals surface area contributed by atoms with Crippen molar-refractivity contribution in [1.29, 1.82) is 0 Å². The first kappa shape index (κ1) is 15.8. The molecule has 1 atom stereocenters. The van der Waals surface area contributed by atoms with Crippen LogP contribution >= 0.6 is 22.9 Å². The van der Waals surface area contributed by atoms with E-state index in [1.165, 1.54) is 0 Å². The molecule has 1 aromatic carbocycles. The van der Waals surface area contributed by atoms with Crippen molar-refractivity contribution in [2.24, 2.45) is 0 Å². The van der Waals surface area contributed by atoms with Gasteiger partial charge in [0, 0.05) is 6.54 Å². The number of nitrogens with one attached hydrogen (secondary N) is 1. The Labute approximate surface area is 141 Å². The first-order valence-electron chi connectivity index (χ1n) is 7.03. The van der Waals surface area contributed by atoms with E-state index in [0.717, 1.165) is 28.2 Å². The highest BCUT2D eigenvalue weighted by Gasteiger charge is 2.15. The van der Waals surface area contributed by atoms with Gasteiger partial charge in [-0.2, -0.15) is 11.3 Å². The van der Waals surface area contributed by atoms with Crippen molar-refractivity contribution in [3.8, 4) is 11.1 Å². The minimum Gasteiger partial charge on any atom is -0.387 e. The SMILES string of the molecule is Cc1nnsc1C(=O)NC[C@@H](O)c1ccc(-c2ccsc2)cc1. The molecular formula is C16H15N3O2S2. The molecule has 2 N–H and O–H groups in total. The lowest BCUT2D eigenvalue weighted by Crippen LogP contribution is -2.28. The molecule has 7 heteroatoms. The molecule has 3 rings (SSSR count). The van der Waals surface area contributed by atoms with E-state index >= 15 is 0 Å². The first-order valence-corrected chi connectivity index (χ1v) is 8.74. The zero-order chi connectivity index (χ0) is 16.2. The third kappa shape index (κ3) is 3.64. The highest BCUT2D eigenvalue weighted by atomic mass is 32.1. The van der Waals surface area contributed by atoms with Crippen LogP contribution in [0.25, 0.3) is 11.1 Å². The van der Waals surface area contributed by atoms with E-state index in [1.54, 1.807) is 18.3 Å². The Balaban J connectivity index is 1.61. The zero-order valence-electron chi connectivity index (χ0n) is 12.4. The third-order valence-corrected chi connectivity index (χ3v) is 4.97. The van der Waals surface area contributed by atoms with Crippen LogP contribution in [0.1, 0.15) is 27.0 Å². The van der Waals surface area contributed by atoms with Crippen molar-refractivity contribution in [3.63, 3.8) is 0 Å². The van der Waals surface area contributed by atoms with E-state index in [1.807, 2.05) is 29.6 Å². The van der Waals surface area contributed by atoms with Crippen molar-refractivity contribution >= 4 is 28.8 Å². The molecule has 0 aliphatic carbocycles. The van der Waals surface area contributed by atoms with Gasteiger partial charge in [0.2, 0.25) is 0 Å². The predicted molar refractivity (Wildman–Crippen MR) is 91.7 cm³/mol. The largest absolute Gasteiger partial charge is 0.387 e. The van der Waals surface area contributed by atoms with Gasteiger partial charge in [0.15, 0.2) is 0 Å². The summed E-state index contributed by atoms with van der Waals surface area (Å²) in [5.41, 5.74) is 3.64. The van der Waals surface area contributed by atoms with Crippen molar-refractivity contribution in [2.45, 2.75) is 13.0 Å². The highest BCUT2D eigenvalue weighted by Crippen LogP contribution is 2.24. The maximum Gasteiger partial charge on any atom is 0.265 e. The normalized spacial score (nSPS) is 12.1. The maximum absolute atomic E-state index is 12.0. The fraction of sp³-hybridized carbons (Fsp3) is 0.188. The van der Waals surface area contributed by atoms with Crippen LogP contribution in [0.4, 0.5) is 0 Å². The molecule has 0 saturated carbocycles. The van der Waals surface area contributed by atoms with Crippen LogP contribution in [0.2, 0.25) is 0 Å². The smallest absolute Gasteiger partial charge is 0.265 e. The molecule has 0 fully saturated rings. The van der Waals surface area contributed by atoms with Gasteiger partial charge in [0.25, 0.3) is 5.91 Å². The Morgan fingerprint density at radius 2 is 2.04 bits per heavy atom. The number of amides is 1. The molecule has 5 nitrogen and oxygen atoms in total. The Morgan fingerprint density at radius 1 is 1.26 bits per heavy atom. The molecule has 118 valence electrons. The van der Waals surface area contributed by atoms with Crippen LogP contribution in [-0.4, -0.2) is 27.1 Å². The van der Waals surface area contributed by atoms with Crippen LogP contribution in [0, 0.1) is 6.92 Å².